The van der Waals surface area contributed by atoms with Gasteiger partial charge in [0.25, 0.3) is 0 Å². The number of carbonyl (C=O) groups excluding carboxylic acids is 1. The summed E-state index contributed by atoms with van der Waals surface area (Å²) in [5.41, 5.74) is 4.12. The Bertz CT molecular complexity index is 720. The van der Waals surface area contributed by atoms with Gasteiger partial charge < -0.3 is 5.32 Å². The minimum atomic E-state index is -0.228. The van der Waals surface area contributed by atoms with Gasteiger partial charge in [0.15, 0.2) is 0 Å². The molecule has 0 saturated heterocycles. The molecule has 0 aliphatic rings. The Kier molecular flexibility index (Phi) is 5.28. The number of nitrogens with zero attached hydrogens (tertiary/aromatic N) is 1. The first-order valence-electron chi connectivity index (χ1n) is 6.95. The molecule has 1 aromatic heterocycles. The van der Waals surface area contributed by atoms with Crippen molar-refractivity contribution in [3.8, 4) is 6.07 Å². The number of anilines is 1. The third kappa shape index (κ3) is 3.70. The van der Waals surface area contributed by atoms with E-state index in [1.54, 1.807) is 23.2 Å². The van der Waals surface area contributed by atoms with Crippen molar-refractivity contribution in [1.82, 2.24) is 0 Å². The minimum Gasteiger partial charge on any atom is -0.316 e. The zero-order chi connectivity index (χ0) is 16.3. The van der Waals surface area contributed by atoms with Crippen LogP contribution in [0.3, 0.4) is 0 Å². The summed E-state index contributed by atoms with van der Waals surface area (Å²) in [6.45, 7) is 8.10. The average molecular weight is 330 g/mol. The Labute approximate surface area is 139 Å². The molecule has 2 aromatic rings. The topological polar surface area (TPSA) is 52.9 Å². The minimum absolute atomic E-state index is 0.0803. The van der Waals surface area contributed by atoms with Crippen LogP contribution in [-0.2, 0) is 4.79 Å². The van der Waals surface area contributed by atoms with Crippen molar-refractivity contribution in [1.29, 1.82) is 5.26 Å². The van der Waals surface area contributed by atoms with Crippen molar-refractivity contribution < 1.29 is 4.79 Å². The molecule has 0 aliphatic heterocycles. The molecular weight excluding hydrogens is 312 g/mol. The van der Waals surface area contributed by atoms with Gasteiger partial charge >= 0.3 is 0 Å². The molecule has 0 spiro atoms. The van der Waals surface area contributed by atoms with Gasteiger partial charge in [-0.1, -0.05) is 17.7 Å². The van der Waals surface area contributed by atoms with E-state index in [4.69, 9.17) is 5.26 Å². The Morgan fingerprint density at radius 1 is 1.32 bits per heavy atom. The van der Waals surface area contributed by atoms with Crippen molar-refractivity contribution in [2.45, 2.75) is 37.8 Å². The highest BCUT2D eigenvalue weighted by Crippen LogP contribution is 2.32. The van der Waals surface area contributed by atoms with Crippen LogP contribution >= 0.6 is 23.1 Å². The molecule has 22 heavy (non-hydrogen) atoms. The standard InChI is InChI=1S/C17H18N2OS2/c1-10-7-11(2)15(12(3)8-10)22-13(4)16(20)19-17-14(9-18)5-6-21-17/h5-8,13H,1-4H3,(H,19,20). The smallest absolute Gasteiger partial charge is 0.238 e. The van der Waals surface area contributed by atoms with Crippen LogP contribution in [0.4, 0.5) is 5.00 Å². The third-order valence-electron chi connectivity index (χ3n) is 3.29. The van der Waals surface area contributed by atoms with E-state index in [0.717, 1.165) is 4.90 Å². The number of amides is 1. The number of carbonyl (C=O) groups is 1. The number of rotatable bonds is 4. The van der Waals surface area contributed by atoms with Gasteiger partial charge in [-0.15, -0.1) is 23.1 Å². The van der Waals surface area contributed by atoms with Gasteiger partial charge in [0, 0.05) is 4.90 Å². The van der Waals surface area contributed by atoms with Gasteiger partial charge in [0.2, 0.25) is 5.91 Å². The summed E-state index contributed by atoms with van der Waals surface area (Å²) in [6, 6.07) is 8.06. The molecule has 0 radical (unpaired) electrons. The van der Waals surface area contributed by atoms with Crippen molar-refractivity contribution >= 4 is 34.0 Å². The zero-order valence-corrected chi connectivity index (χ0v) is 14.7. The fourth-order valence-corrected chi connectivity index (χ4v) is 4.04. The first kappa shape index (κ1) is 16.6. The average Bonchev–Trinajstić information content (AvgIpc) is 2.89. The largest absolute Gasteiger partial charge is 0.316 e. The summed E-state index contributed by atoms with van der Waals surface area (Å²) >= 11 is 2.93. The maximum atomic E-state index is 12.3. The Morgan fingerprint density at radius 3 is 2.55 bits per heavy atom. The SMILES string of the molecule is Cc1cc(C)c(SC(C)C(=O)Nc2sccc2C#N)c(C)c1. The quantitative estimate of drug-likeness (QED) is 0.829. The lowest BCUT2D eigenvalue weighted by Gasteiger charge is -2.15. The molecule has 1 unspecified atom stereocenters. The highest BCUT2D eigenvalue weighted by molar-refractivity contribution is 8.00. The van der Waals surface area contributed by atoms with Crippen LogP contribution in [0.2, 0.25) is 0 Å². The monoisotopic (exact) mass is 330 g/mol. The van der Waals surface area contributed by atoms with Crippen LogP contribution in [0.15, 0.2) is 28.5 Å². The highest BCUT2D eigenvalue weighted by atomic mass is 32.2. The van der Waals surface area contributed by atoms with Gasteiger partial charge in [0.1, 0.15) is 11.1 Å². The molecule has 3 nitrogen and oxygen atoms in total. The van der Waals surface area contributed by atoms with E-state index in [9.17, 15) is 4.79 Å². The molecule has 1 heterocycles. The van der Waals surface area contributed by atoms with E-state index in [1.807, 2.05) is 6.92 Å². The molecule has 114 valence electrons. The first-order chi connectivity index (χ1) is 10.4. The predicted molar refractivity (Wildman–Crippen MR) is 93.6 cm³/mol. The summed E-state index contributed by atoms with van der Waals surface area (Å²) in [4.78, 5) is 13.5. The van der Waals surface area contributed by atoms with Crippen LogP contribution in [0, 0.1) is 32.1 Å². The van der Waals surface area contributed by atoms with Gasteiger partial charge in [-0.3, -0.25) is 4.79 Å². The second-order valence-electron chi connectivity index (χ2n) is 5.25. The number of hydrogen-bond donors (Lipinski definition) is 1. The van der Waals surface area contributed by atoms with E-state index in [2.05, 4.69) is 44.3 Å². The molecule has 0 fully saturated rings. The zero-order valence-electron chi connectivity index (χ0n) is 13.1. The van der Waals surface area contributed by atoms with Crippen LogP contribution < -0.4 is 5.32 Å². The van der Waals surface area contributed by atoms with Crippen LogP contribution in [0.1, 0.15) is 29.2 Å². The summed E-state index contributed by atoms with van der Waals surface area (Å²) in [5, 5.41) is 14.0. The van der Waals surface area contributed by atoms with E-state index in [1.165, 1.54) is 28.0 Å². The summed E-state index contributed by atoms with van der Waals surface area (Å²) in [5.74, 6) is -0.0803. The molecule has 1 atom stereocenters. The van der Waals surface area contributed by atoms with Gasteiger partial charge in [-0.05, 0) is 50.3 Å². The normalized spacial score (nSPS) is 11.8. The first-order valence-corrected chi connectivity index (χ1v) is 8.71. The number of thioether (sulfide) groups is 1. The van der Waals surface area contributed by atoms with Crippen LogP contribution in [0.5, 0.6) is 0 Å². The van der Waals surface area contributed by atoms with Crippen molar-refractivity contribution in [2.75, 3.05) is 5.32 Å². The predicted octanol–water partition coefficient (Wildman–Crippen LogP) is 4.66. The molecule has 1 aromatic carbocycles. The third-order valence-corrected chi connectivity index (χ3v) is 5.57. The summed E-state index contributed by atoms with van der Waals surface area (Å²) < 4.78 is 0. The van der Waals surface area contributed by atoms with Crippen molar-refractivity contribution in [3.05, 3.63) is 45.8 Å². The van der Waals surface area contributed by atoms with Gasteiger partial charge in [-0.25, -0.2) is 0 Å². The van der Waals surface area contributed by atoms with E-state index < -0.39 is 0 Å². The van der Waals surface area contributed by atoms with Crippen molar-refractivity contribution in [2.24, 2.45) is 0 Å². The number of aryl methyl sites for hydroxylation is 3. The lowest BCUT2D eigenvalue weighted by Crippen LogP contribution is -2.22. The summed E-state index contributed by atoms with van der Waals surface area (Å²) in [6.07, 6.45) is 0. The maximum absolute atomic E-state index is 12.3. The fraction of sp³-hybridized carbons (Fsp3) is 0.294. The molecule has 1 amide bonds. The molecule has 2 rings (SSSR count). The number of thiophene rings is 1. The molecule has 0 saturated carbocycles. The second kappa shape index (κ2) is 6.99. The molecular formula is C17H18N2OS2. The van der Waals surface area contributed by atoms with Gasteiger partial charge in [-0.2, -0.15) is 5.26 Å². The molecule has 5 heteroatoms. The highest BCUT2D eigenvalue weighted by Gasteiger charge is 2.18. The van der Waals surface area contributed by atoms with Gasteiger partial charge in [0.05, 0.1) is 10.8 Å². The number of nitrogens with one attached hydrogen (secondary N) is 1. The maximum Gasteiger partial charge on any atom is 0.238 e. The Balaban J connectivity index is 2.11. The van der Waals surface area contributed by atoms with E-state index >= 15 is 0 Å². The van der Waals surface area contributed by atoms with Crippen LogP contribution in [0.25, 0.3) is 0 Å². The van der Waals surface area contributed by atoms with Crippen LogP contribution in [-0.4, -0.2) is 11.2 Å². The molecule has 0 bridgehead atoms. The Hall–Kier alpha value is -1.77. The number of nitriles is 1. The number of hydrogen-bond acceptors (Lipinski definition) is 4. The van der Waals surface area contributed by atoms with E-state index in [0.29, 0.717) is 10.6 Å². The van der Waals surface area contributed by atoms with E-state index in [-0.39, 0.29) is 11.2 Å². The fourth-order valence-electron chi connectivity index (χ4n) is 2.29. The Morgan fingerprint density at radius 2 is 1.95 bits per heavy atom. The lowest BCUT2D eigenvalue weighted by atomic mass is 10.1. The van der Waals surface area contributed by atoms with Crippen molar-refractivity contribution in [3.63, 3.8) is 0 Å². The number of benzene rings is 1. The second-order valence-corrected chi connectivity index (χ2v) is 7.52. The molecule has 0 aliphatic carbocycles. The summed E-state index contributed by atoms with van der Waals surface area (Å²) in [7, 11) is 0. The lowest BCUT2D eigenvalue weighted by molar-refractivity contribution is -0.115. The molecule has 1 N–H and O–H groups in total.